The lowest BCUT2D eigenvalue weighted by Crippen LogP contribution is -2.38. The highest BCUT2D eigenvalue weighted by molar-refractivity contribution is 6.46. The quantitative estimate of drug-likeness (QED) is 0.216. The van der Waals surface area contributed by atoms with Crippen LogP contribution in [0.3, 0.4) is 0 Å². The molecule has 2 aliphatic heterocycles. The van der Waals surface area contributed by atoms with Crippen molar-refractivity contribution >= 4 is 17.4 Å². The molecule has 0 saturated carbocycles. The number of aliphatic hydroxyl groups is 1. The number of Topliss-reactive ketones (excluding diaryl/α,β-unsaturated/α-hetero) is 1. The van der Waals surface area contributed by atoms with Crippen molar-refractivity contribution in [1.82, 2.24) is 9.80 Å². The van der Waals surface area contributed by atoms with E-state index in [2.05, 4.69) is 11.8 Å². The molecule has 2 saturated heterocycles. The molecular weight excluding hydrogens is 472 g/mol. The molecular formula is C29H36N2O6. The normalized spacial score (nSPS) is 19.9. The van der Waals surface area contributed by atoms with E-state index in [1.54, 1.807) is 30.3 Å². The topological polar surface area (TPSA) is 99.5 Å². The molecule has 1 atom stereocenters. The number of hydrogen-bond acceptors (Lipinski definition) is 7. The van der Waals surface area contributed by atoms with Crippen LogP contribution in [0, 0.1) is 6.92 Å². The Balaban J connectivity index is 1.64. The third-order valence-electron chi connectivity index (χ3n) is 6.93. The van der Waals surface area contributed by atoms with Gasteiger partial charge in [0.1, 0.15) is 17.3 Å². The number of aliphatic hydroxyl groups excluding tert-OH is 1. The Hall–Kier alpha value is -3.36. The smallest absolute Gasteiger partial charge is 0.295 e. The Bertz CT molecular complexity index is 1140. The number of ether oxygens (including phenoxy) is 2. The highest BCUT2D eigenvalue weighted by Crippen LogP contribution is 2.40. The van der Waals surface area contributed by atoms with Crippen LogP contribution in [0.15, 0.2) is 48.0 Å². The molecule has 8 nitrogen and oxygen atoms in total. The fourth-order valence-corrected chi connectivity index (χ4v) is 4.84. The first-order valence-electron chi connectivity index (χ1n) is 13.0. The zero-order valence-corrected chi connectivity index (χ0v) is 21.6. The number of nitrogens with zero attached hydrogens (tertiary/aromatic N) is 2. The van der Waals surface area contributed by atoms with Gasteiger partial charge in [0.2, 0.25) is 0 Å². The molecule has 198 valence electrons. The van der Waals surface area contributed by atoms with Gasteiger partial charge in [0, 0.05) is 31.7 Å². The average molecular weight is 509 g/mol. The van der Waals surface area contributed by atoms with Gasteiger partial charge in [-0.1, -0.05) is 25.5 Å². The van der Waals surface area contributed by atoms with Gasteiger partial charge in [-0.05, 0) is 61.2 Å². The highest BCUT2D eigenvalue weighted by atomic mass is 16.5. The van der Waals surface area contributed by atoms with Crippen molar-refractivity contribution in [2.45, 2.75) is 39.2 Å². The van der Waals surface area contributed by atoms with E-state index in [-0.39, 0.29) is 17.1 Å². The predicted octanol–water partition coefficient (Wildman–Crippen LogP) is 4.02. The maximum atomic E-state index is 13.3. The minimum atomic E-state index is -0.744. The van der Waals surface area contributed by atoms with Gasteiger partial charge >= 0.3 is 0 Å². The molecule has 0 radical (unpaired) electrons. The number of aryl methyl sites for hydroxylation is 1. The molecule has 1 unspecified atom stereocenters. The summed E-state index contributed by atoms with van der Waals surface area (Å²) in [4.78, 5) is 30.3. The first-order valence-corrected chi connectivity index (χ1v) is 13.0. The lowest BCUT2D eigenvalue weighted by atomic mass is 9.94. The fourth-order valence-electron chi connectivity index (χ4n) is 4.84. The monoisotopic (exact) mass is 508 g/mol. The number of hydrogen-bond donors (Lipinski definition) is 2. The molecule has 0 spiro atoms. The van der Waals surface area contributed by atoms with Crippen LogP contribution in [0.1, 0.15) is 48.9 Å². The van der Waals surface area contributed by atoms with E-state index >= 15 is 0 Å². The molecule has 8 heteroatoms. The van der Waals surface area contributed by atoms with Gasteiger partial charge < -0.3 is 24.6 Å². The van der Waals surface area contributed by atoms with Crippen LogP contribution in [0.4, 0.5) is 0 Å². The number of rotatable bonds is 10. The summed E-state index contributed by atoms with van der Waals surface area (Å²) in [5.74, 6) is -0.734. The Kier molecular flexibility index (Phi) is 8.84. The summed E-state index contributed by atoms with van der Waals surface area (Å²) >= 11 is 0. The van der Waals surface area contributed by atoms with Crippen molar-refractivity contribution < 1.29 is 29.3 Å². The number of ketones is 1. The van der Waals surface area contributed by atoms with Crippen molar-refractivity contribution in [3.05, 3.63) is 64.7 Å². The van der Waals surface area contributed by atoms with E-state index in [0.717, 1.165) is 43.8 Å². The zero-order chi connectivity index (χ0) is 26.4. The maximum Gasteiger partial charge on any atom is 0.295 e. The number of benzene rings is 2. The second-order valence-corrected chi connectivity index (χ2v) is 9.57. The van der Waals surface area contributed by atoms with Crippen molar-refractivity contribution in [2.24, 2.45) is 0 Å². The average Bonchev–Trinajstić information content (AvgIpc) is 3.15. The third-order valence-corrected chi connectivity index (χ3v) is 6.93. The van der Waals surface area contributed by atoms with Gasteiger partial charge in [0.05, 0.1) is 31.4 Å². The lowest BCUT2D eigenvalue weighted by molar-refractivity contribution is -0.140. The van der Waals surface area contributed by atoms with Crippen LogP contribution in [0.2, 0.25) is 0 Å². The zero-order valence-electron chi connectivity index (χ0n) is 21.6. The Morgan fingerprint density at radius 3 is 2.46 bits per heavy atom. The standard InChI is InChI=1S/C29H36N2O6/c1-3-4-16-37-24-11-8-22(19-20(24)2)27(33)25-26(21-6-9-23(32)10-7-21)31(29(35)28(25)34)13-5-12-30-14-17-36-18-15-30/h6-11,19,26,32-33H,3-5,12-18H2,1-2H3/b27-25+. The molecule has 2 aromatic carbocycles. The van der Waals surface area contributed by atoms with Gasteiger partial charge in [-0.3, -0.25) is 14.5 Å². The number of carbonyl (C=O) groups is 2. The number of unbranched alkanes of at least 4 members (excludes halogenated alkanes) is 1. The minimum absolute atomic E-state index is 0.0566. The fraction of sp³-hybridized carbons (Fsp3) is 0.448. The van der Waals surface area contributed by atoms with Gasteiger partial charge in [0.15, 0.2) is 0 Å². The van der Waals surface area contributed by atoms with Crippen molar-refractivity contribution in [3.8, 4) is 11.5 Å². The van der Waals surface area contributed by atoms with Crippen LogP contribution >= 0.6 is 0 Å². The van der Waals surface area contributed by atoms with Gasteiger partial charge in [-0.2, -0.15) is 0 Å². The summed E-state index contributed by atoms with van der Waals surface area (Å²) in [7, 11) is 0. The number of morpholine rings is 1. The summed E-state index contributed by atoms with van der Waals surface area (Å²) in [5.41, 5.74) is 2.00. The van der Waals surface area contributed by atoms with Crippen molar-refractivity contribution in [1.29, 1.82) is 0 Å². The molecule has 0 aliphatic carbocycles. The Morgan fingerprint density at radius 2 is 1.78 bits per heavy atom. The minimum Gasteiger partial charge on any atom is -0.508 e. The number of amides is 1. The highest BCUT2D eigenvalue weighted by Gasteiger charge is 2.45. The second kappa shape index (κ2) is 12.3. The van der Waals surface area contributed by atoms with E-state index in [9.17, 15) is 19.8 Å². The molecule has 0 bridgehead atoms. The molecule has 0 aromatic heterocycles. The second-order valence-electron chi connectivity index (χ2n) is 9.57. The molecule has 2 heterocycles. The molecule has 2 aliphatic rings. The largest absolute Gasteiger partial charge is 0.508 e. The summed E-state index contributed by atoms with van der Waals surface area (Å²) in [5, 5.41) is 21.1. The Labute approximate surface area is 218 Å². The number of likely N-dealkylation sites (tertiary alicyclic amines) is 1. The number of aromatic hydroxyl groups is 1. The van der Waals surface area contributed by atoms with Gasteiger partial charge in [0.25, 0.3) is 11.7 Å². The van der Waals surface area contributed by atoms with E-state index in [1.165, 1.54) is 17.0 Å². The van der Waals surface area contributed by atoms with E-state index in [1.807, 2.05) is 6.92 Å². The molecule has 1 amide bonds. The van der Waals surface area contributed by atoms with Crippen LogP contribution in [-0.2, 0) is 14.3 Å². The van der Waals surface area contributed by atoms with Crippen LogP contribution < -0.4 is 4.74 Å². The van der Waals surface area contributed by atoms with Crippen LogP contribution in [0.5, 0.6) is 11.5 Å². The predicted molar refractivity (Wildman–Crippen MR) is 141 cm³/mol. The summed E-state index contributed by atoms with van der Waals surface area (Å²) < 4.78 is 11.2. The van der Waals surface area contributed by atoms with E-state index < -0.39 is 17.7 Å². The number of carbonyl (C=O) groups excluding carboxylic acids is 2. The molecule has 2 N–H and O–H groups in total. The number of phenols is 1. The number of phenolic OH excluding ortho intramolecular Hbond substituents is 1. The van der Waals surface area contributed by atoms with Gasteiger partial charge in [-0.25, -0.2) is 0 Å². The van der Waals surface area contributed by atoms with Crippen LogP contribution in [-0.4, -0.2) is 77.7 Å². The maximum absolute atomic E-state index is 13.3. The van der Waals surface area contributed by atoms with E-state index in [0.29, 0.717) is 43.9 Å². The SMILES string of the molecule is CCCCOc1ccc(/C(O)=C2\C(=O)C(=O)N(CCCN3CCOCC3)C2c2ccc(O)cc2)cc1C. The van der Waals surface area contributed by atoms with Crippen LogP contribution in [0.25, 0.3) is 5.76 Å². The third kappa shape index (κ3) is 6.14. The van der Waals surface area contributed by atoms with E-state index in [4.69, 9.17) is 9.47 Å². The van der Waals surface area contributed by atoms with Gasteiger partial charge in [-0.15, -0.1) is 0 Å². The first-order chi connectivity index (χ1) is 17.9. The van der Waals surface area contributed by atoms with Crippen molar-refractivity contribution in [3.63, 3.8) is 0 Å². The van der Waals surface area contributed by atoms with Crippen molar-refractivity contribution in [2.75, 3.05) is 46.0 Å². The summed E-state index contributed by atoms with van der Waals surface area (Å²) in [6, 6.07) is 10.9. The summed E-state index contributed by atoms with van der Waals surface area (Å²) in [6.45, 7) is 8.83. The molecule has 37 heavy (non-hydrogen) atoms. The first kappa shape index (κ1) is 26.7. The molecule has 2 aromatic rings. The molecule has 2 fully saturated rings. The summed E-state index contributed by atoms with van der Waals surface area (Å²) in [6.07, 6.45) is 2.66. The lowest BCUT2D eigenvalue weighted by Gasteiger charge is -2.29. The molecule has 4 rings (SSSR count). The Morgan fingerprint density at radius 1 is 1.05 bits per heavy atom.